The van der Waals surface area contributed by atoms with Crippen LogP contribution in [0.2, 0.25) is 0 Å². The summed E-state index contributed by atoms with van der Waals surface area (Å²) in [4.78, 5) is 20.8. The zero-order chi connectivity index (χ0) is 14.8. The van der Waals surface area contributed by atoms with Crippen LogP contribution in [0.1, 0.15) is 21.7 Å². The van der Waals surface area contributed by atoms with E-state index >= 15 is 0 Å². The Morgan fingerprint density at radius 3 is 2.71 bits per heavy atom. The molecule has 3 rings (SSSR count). The van der Waals surface area contributed by atoms with E-state index in [0.717, 1.165) is 27.8 Å². The summed E-state index contributed by atoms with van der Waals surface area (Å²) in [5.41, 5.74) is 4.02. The Bertz CT molecular complexity index is 813. The van der Waals surface area contributed by atoms with Gasteiger partial charge in [-0.05, 0) is 44.2 Å². The summed E-state index contributed by atoms with van der Waals surface area (Å²) in [6.07, 6.45) is 1.61. The van der Waals surface area contributed by atoms with Crippen LogP contribution in [0, 0.1) is 13.8 Å². The third-order valence-corrected chi connectivity index (χ3v) is 3.24. The number of nitrogens with one attached hydrogen (secondary N) is 1. The van der Waals surface area contributed by atoms with Crippen molar-refractivity contribution in [1.82, 2.24) is 9.97 Å². The molecule has 0 fully saturated rings. The first-order chi connectivity index (χ1) is 10.1. The molecule has 2 aromatic heterocycles. The van der Waals surface area contributed by atoms with E-state index < -0.39 is 0 Å². The van der Waals surface area contributed by atoms with Crippen molar-refractivity contribution >= 4 is 22.5 Å². The van der Waals surface area contributed by atoms with E-state index in [1.165, 1.54) is 0 Å². The lowest BCUT2D eigenvalue weighted by Gasteiger charge is -2.10. The average Bonchev–Trinajstić information content (AvgIpc) is 2.49. The number of benzene rings is 1. The Morgan fingerprint density at radius 2 is 1.95 bits per heavy atom. The van der Waals surface area contributed by atoms with E-state index in [2.05, 4.69) is 15.3 Å². The Balaban J connectivity index is 2.04. The first-order valence-electron chi connectivity index (χ1n) is 6.74. The Labute approximate surface area is 122 Å². The van der Waals surface area contributed by atoms with Crippen molar-refractivity contribution in [3.8, 4) is 0 Å². The number of hydrogen-bond acceptors (Lipinski definition) is 3. The summed E-state index contributed by atoms with van der Waals surface area (Å²) >= 11 is 0. The molecule has 1 aromatic carbocycles. The van der Waals surface area contributed by atoms with Crippen LogP contribution in [0.5, 0.6) is 0 Å². The summed E-state index contributed by atoms with van der Waals surface area (Å²) in [5.74, 6) is -0.219. The molecule has 2 heterocycles. The zero-order valence-electron chi connectivity index (χ0n) is 11.9. The smallest absolute Gasteiger partial charge is 0.274 e. The molecular formula is C17H15N3O. The van der Waals surface area contributed by atoms with Gasteiger partial charge in [0.05, 0.1) is 11.2 Å². The van der Waals surface area contributed by atoms with Gasteiger partial charge in [0, 0.05) is 17.3 Å². The van der Waals surface area contributed by atoms with Gasteiger partial charge in [-0.2, -0.15) is 0 Å². The summed E-state index contributed by atoms with van der Waals surface area (Å²) in [5, 5.41) is 3.86. The van der Waals surface area contributed by atoms with E-state index in [-0.39, 0.29) is 5.91 Å². The van der Waals surface area contributed by atoms with Crippen molar-refractivity contribution in [1.29, 1.82) is 0 Å². The maximum absolute atomic E-state index is 12.3. The SMILES string of the molecule is Cc1ccc2nc(C)cc(NC(=O)c3ccccn3)c2c1. The zero-order valence-corrected chi connectivity index (χ0v) is 11.9. The lowest BCUT2D eigenvalue weighted by molar-refractivity contribution is 0.102. The summed E-state index contributed by atoms with van der Waals surface area (Å²) < 4.78 is 0. The number of anilines is 1. The van der Waals surface area contributed by atoms with Gasteiger partial charge >= 0.3 is 0 Å². The topological polar surface area (TPSA) is 54.9 Å². The molecule has 1 amide bonds. The largest absolute Gasteiger partial charge is 0.320 e. The van der Waals surface area contributed by atoms with E-state index in [1.807, 2.05) is 38.1 Å². The van der Waals surface area contributed by atoms with Gasteiger partial charge in [0.25, 0.3) is 5.91 Å². The molecular weight excluding hydrogens is 262 g/mol. The molecule has 0 aliphatic carbocycles. The molecule has 0 bridgehead atoms. The molecule has 0 atom stereocenters. The van der Waals surface area contributed by atoms with E-state index in [9.17, 15) is 4.79 Å². The molecule has 0 saturated carbocycles. The Kier molecular flexibility index (Phi) is 3.36. The van der Waals surface area contributed by atoms with Crippen LogP contribution in [-0.2, 0) is 0 Å². The highest BCUT2D eigenvalue weighted by Crippen LogP contribution is 2.24. The van der Waals surface area contributed by atoms with Crippen molar-refractivity contribution in [3.63, 3.8) is 0 Å². The third kappa shape index (κ3) is 2.74. The van der Waals surface area contributed by atoms with Gasteiger partial charge in [0.1, 0.15) is 5.69 Å². The molecule has 0 radical (unpaired) electrons. The van der Waals surface area contributed by atoms with Gasteiger partial charge in [-0.15, -0.1) is 0 Å². The number of pyridine rings is 2. The number of rotatable bonds is 2. The fourth-order valence-electron chi connectivity index (χ4n) is 2.26. The molecule has 4 heteroatoms. The summed E-state index contributed by atoms with van der Waals surface area (Å²) in [6.45, 7) is 3.93. The van der Waals surface area contributed by atoms with E-state index in [0.29, 0.717) is 5.69 Å². The molecule has 0 unspecified atom stereocenters. The molecule has 3 aromatic rings. The van der Waals surface area contributed by atoms with Gasteiger partial charge in [0.15, 0.2) is 0 Å². The maximum atomic E-state index is 12.3. The van der Waals surface area contributed by atoms with Crippen LogP contribution in [-0.4, -0.2) is 15.9 Å². The van der Waals surface area contributed by atoms with Crippen molar-refractivity contribution in [2.24, 2.45) is 0 Å². The quantitative estimate of drug-likeness (QED) is 0.780. The van der Waals surface area contributed by atoms with Gasteiger partial charge in [-0.25, -0.2) is 0 Å². The van der Waals surface area contributed by atoms with Gasteiger partial charge < -0.3 is 5.32 Å². The van der Waals surface area contributed by atoms with Gasteiger partial charge in [-0.3, -0.25) is 14.8 Å². The summed E-state index contributed by atoms with van der Waals surface area (Å²) in [6, 6.07) is 13.1. The van der Waals surface area contributed by atoms with Crippen LogP contribution in [0.25, 0.3) is 10.9 Å². The van der Waals surface area contributed by atoms with Crippen LogP contribution in [0.15, 0.2) is 48.7 Å². The van der Waals surface area contributed by atoms with Gasteiger partial charge in [0.2, 0.25) is 0 Å². The van der Waals surface area contributed by atoms with Gasteiger partial charge in [-0.1, -0.05) is 17.7 Å². The highest BCUT2D eigenvalue weighted by atomic mass is 16.1. The Hall–Kier alpha value is -2.75. The highest BCUT2D eigenvalue weighted by molar-refractivity contribution is 6.07. The van der Waals surface area contributed by atoms with Crippen molar-refractivity contribution in [2.45, 2.75) is 13.8 Å². The minimum atomic E-state index is -0.219. The fourth-order valence-corrected chi connectivity index (χ4v) is 2.26. The van der Waals surface area contributed by atoms with Crippen molar-refractivity contribution in [2.75, 3.05) is 5.32 Å². The monoisotopic (exact) mass is 277 g/mol. The number of aryl methyl sites for hydroxylation is 2. The molecule has 104 valence electrons. The minimum absolute atomic E-state index is 0.219. The van der Waals surface area contributed by atoms with Crippen LogP contribution in [0.4, 0.5) is 5.69 Å². The minimum Gasteiger partial charge on any atom is -0.320 e. The number of carbonyl (C=O) groups is 1. The molecule has 0 saturated heterocycles. The predicted molar refractivity (Wildman–Crippen MR) is 83.4 cm³/mol. The number of fused-ring (bicyclic) bond motifs is 1. The second-order valence-electron chi connectivity index (χ2n) is 5.00. The molecule has 21 heavy (non-hydrogen) atoms. The van der Waals surface area contributed by atoms with Crippen molar-refractivity contribution in [3.05, 3.63) is 65.6 Å². The normalized spacial score (nSPS) is 10.6. The molecule has 0 spiro atoms. The first kappa shape index (κ1) is 13.2. The van der Waals surface area contributed by atoms with Crippen LogP contribution < -0.4 is 5.32 Å². The van der Waals surface area contributed by atoms with Crippen LogP contribution in [0.3, 0.4) is 0 Å². The first-order valence-corrected chi connectivity index (χ1v) is 6.74. The highest BCUT2D eigenvalue weighted by Gasteiger charge is 2.10. The van der Waals surface area contributed by atoms with Crippen LogP contribution >= 0.6 is 0 Å². The molecule has 0 aliphatic heterocycles. The lowest BCUT2D eigenvalue weighted by Crippen LogP contribution is -2.14. The molecule has 4 nitrogen and oxygen atoms in total. The predicted octanol–water partition coefficient (Wildman–Crippen LogP) is 3.50. The van der Waals surface area contributed by atoms with Crippen molar-refractivity contribution < 1.29 is 4.79 Å². The fraction of sp³-hybridized carbons (Fsp3) is 0.118. The number of aromatic nitrogens is 2. The molecule has 0 aliphatic rings. The average molecular weight is 277 g/mol. The molecule has 1 N–H and O–H groups in total. The lowest BCUT2D eigenvalue weighted by atomic mass is 10.1. The number of hydrogen-bond donors (Lipinski definition) is 1. The third-order valence-electron chi connectivity index (χ3n) is 3.24. The standard InChI is InChI=1S/C17H15N3O/c1-11-6-7-14-13(9-11)16(10-12(2)19-14)20-17(21)15-5-3-4-8-18-15/h3-10H,1-2H3,(H,19,20,21). The second kappa shape index (κ2) is 5.32. The number of carbonyl (C=O) groups excluding carboxylic acids is 1. The summed E-state index contributed by atoms with van der Waals surface area (Å²) in [7, 11) is 0. The second-order valence-corrected chi connectivity index (χ2v) is 5.00. The van der Waals surface area contributed by atoms with E-state index in [4.69, 9.17) is 0 Å². The Morgan fingerprint density at radius 1 is 1.10 bits per heavy atom. The van der Waals surface area contributed by atoms with E-state index in [1.54, 1.807) is 24.4 Å². The number of amides is 1. The maximum Gasteiger partial charge on any atom is 0.274 e. The number of nitrogens with zero attached hydrogens (tertiary/aromatic N) is 2.